The van der Waals surface area contributed by atoms with E-state index in [1.807, 2.05) is 30.3 Å². The second kappa shape index (κ2) is 11.1. The fraction of sp³-hybridized carbons (Fsp3) is 0.556. The fourth-order valence-corrected chi connectivity index (χ4v) is 5.30. The molecule has 0 unspecified atom stereocenters. The molecule has 0 bridgehead atoms. The molecule has 1 aliphatic heterocycles. The Morgan fingerprint density at radius 1 is 1.12 bits per heavy atom. The predicted molar refractivity (Wildman–Crippen MR) is 128 cm³/mol. The van der Waals surface area contributed by atoms with Crippen molar-refractivity contribution in [3.05, 3.63) is 65.0 Å². The third-order valence-electron chi connectivity index (χ3n) is 7.21. The van der Waals surface area contributed by atoms with Gasteiger partial charge in [-0.25, -0.2) is 0 Å². The van der Waals surface area contributed by atoms with Crippen molar-refractivity contribution < 1.29 is 9.90 Å². The molecule has 0 radical (unpaired) electrons. The topological polar surface area (TPSA) is 56.7 Å². The van der Waals surface area contributed by atoms with Crippen LogP contribution >= 0.6 is 0 Å². The van der Waals surface area contributed by atoms with Gasteiger partial charge in [-0.05, 0) is 82.2 Å². The molecule has 4 rings (SSSR count). The van der Waals surface area contributed by atoms with Gasteiger partial charge in [0.15, 0.2) is 0 Å². The highest BCUT2D eigenvalue weighted by Crippen LogP contribution is 2.27. The van der Waals surface area contributed by atoms with E-state index in [0.29, 0.717) is 6.04 Å². The van der Waals surface area contributed by atoms with Crippen LogP contribution in [0.4, 0.5) is 0 Å². The first kappa shape index (κ1) is 22.9. The van der Waals surface area contributed by atoms with Gasteiger partial charge in [0.05, 0.1) is 0 Å². The first-order chi connectivity index (χ1) is 15.6. The number of aryl methyl sites for hydroxylation is 3. The van der Waals surface area contributed by atoms with Gasteiger partial charge in [0, 0.05) is 30.5 Å². The Bertz CT molecular complexity index is 886. The van der Waals surface area contributed by atoms with Crippen molar-refractivity contribution in [3.8, 4) is 0 Å². The number of fused-ring (bicyclic) bond motifs is 1. The summed E-state index contributed by atoms with van der Waals surface area (Å²) in [6, 6.07) is 14.0. The van der Waals surface area contributed by atoms with Crippen molar-refractivity contribution in [1.82, 2.24) is 14.8 Å². The molecule has 0 spiro atoms. The second-order valence-corrected chi connectivity index (χ2v) is 9.50. The highest BCUT2D eigenvalue weighted by molar-refractivity contribution is 5.75. The van der Waals surface area contributed by atoms with Crippen LogP contribution in [0.1, 0.15) is 67.1 Å². The van der Waals surface area contributed by atoms with Crippen LogP contribution in [0.3, 0.4) is 0 Å². The summed E-state index contributed by atoms with van der Waals surface area (Å²) in [5, 5.41) is 9.81. The molecule has 172 valence electrons. The molecule has 2 atom stereocenters. The summed E-state index contributed by atoms with van der Waals surface area (Å²) in [6.45, 7) is 2.73. The van der Waals surface area contributed by atoms with E-state index in [4.69, 9.17) is 4.98 Å². The number of aromatic nitrogens is 1. The van der Waals surface area contributed by atoms with Crippen molar-refractivity contribution in [2.45, 2.75) is 69.9 Å². The molecular weight excluding hydrogens is 398 g/mol. The Morgan fingerprint density at radius 3 is 2.75 bits per heavy atom. The number of unbranched alkanes of at least 4 members (excludes halogenated alkanes) is 2. The van der Waals surface area contributed by atoms with Crippen LogP contribution in [0, 0.1) is 0 Å². The number of benzene rings is 1. The molecule has 0 saturated carbocycles. The van der Waals surface area contributed by atoms with Gasteiger partial charge in [0.2, 0.25) is 0 Å². The number of carboxylic acids is 1. The lowest BCUT2D eigenvalue weighted by atomic mass is 9.95. The van der Waals surface area contributed by atoms with Crippen molar-refractivity contribution in [1.29, 1.82) is 0 Å². The minimum Gasteiger partial charge on any atom is -0.480 e. The molecule has 1 aliphatic carbocycles. The maximum Gasteiger partial charge on any atom is 0.325 e. The van der Waals surface area contributed by atoms with Gasteiger partial charge in [0.1, 0.15) is 6.04 Å². The molecule has 1 N–H and O–H groups in total. The molecule has 1 aromatic carbocycles. The SMILES string of the molecule is CN(CCCCCc1ccc2c(n1)CCCC2)[C@@H]1CCN([C@@H](C(=O)O)c2ccccc2)C1. The Hall–Kier alpha value is -2.24. The number of carbonyl (C=O) groups is 1. The van der Waals surface area contributed by atoms with Gasteiger partial charge < -0.3 is 10.0 Å². The number of likely N-dealkylation sites (N-methyl/N-ethyl adjacent to an activating group) is 1. The maximum absolute atomic E-state index is 11.9. The van der Waals surface area contributed by atoms with Crippen LogP contribution in [0.5, 0.6) is 0 Å². The molecule has 2 heterocycles. The van der Waals surface area contributed by atoms with E-state index in [1.54, 1.807) is 0 Å². The molecule has 5 heteroatoms. The van der Waals surface area contributed by atoms with E-state index in [9.17, 15) is 9.90 Å². The van der Waals surface area contributed by atoms with Gasteiger partial charge in [-0.15, -0.1) is 0 Å². The third kappa shape index (κ3) is 5.76. The highest BCUT2D eigenvalue weighted by Gasteiger charge is 2.34. The number of hydrogen-bond acceptors (Lipinski definition) is 4. The van der Waals surface area contributed by atoms with E-state index in [0.717, 1.165) is 44.5 Å². The molecule has 32 heavy (non-hydrogen) atoms. The molecule has 1 saturated heterocycles. The second-order valence-electron chi connectivity index (χ2n) is 9.50. The zero-order chi connectivity index (χ0) is 22.3. The standard InChI is InChI=1S/C27H37N3O2/c1-29(18-9-3-6-13-23-16-15-21-10-7-8-14-25(21)28-23)24-17-19-30(20-24)26(27(31)32)22-11-4-2-5-12-22/h2,4-5,11-12,15-16,24,26H,3,6-10,13-14,17-20H2,1H3,(H,31,32)/t24-,26-/m1/s1. The van der Waals surface area contributed by atoms with Crippen LogP contribution < -0.4 is 0 Å². The number of likely N-dealkylation sites (tertiary alicyclic amines) is 1. The molecule has 0 amide bonds. The zero-order valence-electron chi connectivity index (χ0n) is 19.4. The van der Waals surface area contributed by atoms with Gasteiger partial charge in [-0.3, -0.25) is 14.7 Å². The first-order valence-corrected chi connectivity index (χ1v) is 12.3. The van der Waals surface area contributed by atoms with E-state index in [2.05, 4.69) is 29.0 Å². The van der Waals surface area contributed by atoms with E-state index >= 15 is 0 Å². The summed E-state index contributed by atoms with van der Waals surface area (Å²) in [5.41, 5.74) is 4.93. The maximum atomic E-state index is 11.9. The molecule has 5 nitrogen and oxygen atoms in total. The van der Waals surface area contributed by atoms with E-state index in [1.165, 1.54) is 55.5 Å². The monoisotopic (exact) mass is 435 g/mol. The Kier molecular flexibility index (Phi) is 7.93. The summed E-state index contributed by atoms with van der Waals surface area (Å²) < 4.78 is 0. The summed E-state index contributed by atoms with van der Waals surface area (Å²) in [7, 11) is 2.19. The number of rotatable bonds is 10. The summed E-state index contributed by atoms with van der Waals surface area (Å²) >= 11 is 0. The lowest BCUT2D eigenvalue weighted by Gasteiger charge is -2.27. The average Bonchev–Trinajstić information content (AvgIpc) is 3.29. The van der Waals surface area contributed by atoms with Crippen LogP contribution in [0.2, 0.25) is 0 Å². The number of hydrogen-bond donors (Lipinski definition) is 1. The summed E-state index contributed by atoms with van der Waals surface area (Å²) in [6.07, 6.45) is 10.6. The lowest BCUT2D eigenvalue weighted by molar-refractivity contribution is -0.143. The van der Waals surface area contributed by atoms with Crippen molar-refractivity contribution in [2.75, 3.05) is 26.7 Å². The third-order valence-corrected chi connectivity index (χ3v) is 7.21. The Morgan fingerprint density at radius 2 is 1.94 bits per heavy atom. The van der Waals surface area contributed by atoms with Crippen molar-refractivity contribution >= 4 is 5.97 Å². The lowest BCUT2D eigenvalue weighted by Crippen LogP contribution is -2.38. The van der Waals surface area contributed by atoms with Crippen LogP contribution in [-0.2, 0) is 24.1 Å². The highest BCUT2D eigenvalue weighted by atomic mass is 16.4. The quantitative estimate of drug-likeness (QED) is 0.557. The molecular formula is C27H37N3O2. The normalized spacial score (nSPS) is 19.8. The number of pyridine rings is 1. The number of carboxylic acid groups (broad SMARTS) is 1. The van der Waals surface area contributed by atoms with Crippen molar-refractivity contribution in [2.24, 2.45) is 0 Å². The number of nitrogens with zero attached hydrogens (tertiary/aromatic N) is 3. The zero-order valence-corrected chi connectivity index (χ0v) is 19.4. The molecule has 1 aromatic heterocycles. The smallest absolute Gasteiger partial charge is 0.325 e. The van der Waals surface area contributed by atoms with Crippen molar-refractivity contribution in [3.63, 3.8) is 0 Å². The van der Waals surface area contributed by atoms with Crippen LogP contribution in [-0.4, -0.2) is 58.6 Å². The summed E-state index contributed by atoms with van der Waals surface area (Å²) in [4.78, 5) is 21.4. The molecule has 2 aliphatic rings. The van der Waals surface area contributed by atoms with E-state index in [-0.39, 0.29) is 0 Å². The van der Waals surface area contributed by atoms with E-state index < -0.39 is 12.0 Å². The van der Waals surface area contributed by atoms with Gasteiger partial charge in [0.25, 0.3) is 0 Å². The van der Waals surface area contributed by atoms with Gasteiger partial charge >= 0.3 is 5.97 Å². The van der Waals surface area contributed by atoms with Gasteiger partial charge in [-0.2, -0.15) is 0 Å². The minimum absolute atomic E-state index is 0.433. The minimum atomic E-state index is -0.754. The first-order valence-electron chi connectivity index (χ1n) is 12.3. The number of aliphatic carboxylic acids is 1. The van der Waals surface area contributed by atoms with Crippen LogP contribution in [0.15, 0.2) is 42.5 Å². The summed E-state index contributed by atoms with van der Waals surface area (Å²) in [5.74, 6) is -0.754. The average molecular weight is 436 g/mol. The van der Waals surface area contributed by atoms with Crippen LogP contribution in [0.25, 0.3) is 0 Å². The molecule has 2 aromatic rings. The molecule has 1 fully saturated rings. The Labute approximate surface area is 192 Å². The van der Waals surface area contributed by atoms with Gasteiger partial charge in [-0.1, -0.05) is 42.8 Å². The fourth-order valence-electron chi connectivity index (χ4n) is 5.30. The Balaban J connectivity index is 1.19. The predicted octanol–water partition coefficient (Wildman–Crippen LogP) is 4.51. The largest absolute Gasteiger partial charge is 0.480 e.